The van der Waals surface area contributed by atoms with Crippen molar-refractivity contribution in [1.29, 1.82) is 0 Å². The second-order valence-corrected chi connectivity index (χ2v) is 14.2. The molecule has 2 aromatic carbocycles. The minimum atomic E-state index is -3.39. The van der Waals surface area contributed by atoms with E-state index < -0.39 is 17.8 Å². The second-order valence-electron chi connectivity index (χ2n) is 9.45. The summed E-state index contributed by atoms with van der Waals surface area (Å²) < 4.78 is 37.9. The lowest BCUT2D eigenvalue weighted by Gasteiger charge is -2.40. The van der Waals surface area contributed by atoms with Gasteiger partial charge in [-0.25, -0.2) is 8.42 Å². The van der Waals surface area contributed by atoms with Gasteiger partial charge in [0.05, 0.1) is 24.7 Å². The second kappa shape index (κ2) is 10.8. The lowest BCUT2D eigenvalue weighted by atomic mass is 9.99. The molecule has 180 valence electrons. The average molecular weight is 489 g/mol. The van der Waals surface area contributed by atoms with Crippen LogP contribution < -0.4 is 14.8 Å². The lowest BCUT2D eigenvalue weighted by molar-refractivity contribution is 0.397. The normalized spacial score (nSPS) is 18.4. The molecule has 4 rings (SSSR count). The van der Waals surface area contributed by atoms with Crippen molar-refractivity contribution in [2.45, 2.75) is 80.4 Å². The third-order valence-electron chi connectivity index (χ3n) is 7.29. The number of hydrogen-bond donors (Lipinski definition) is 0. The van der Waals surface area contributed by atoms with E-state index in [0.717, 1.165) is 27.9 Å². The van der Waals surface area contributed by atoms with Crippen LogP contribution in [0, 0.1) is 0 Å². The maximum atomic E-state index is 13.2. The molecule has 0 unspecified atom stereocenters. The van der Waals surface area contributed by atoms with Gasteiger partial charge in [-0.15, -0.1) is 0 Å². The van der Waals surface area contributed by atoms with E-state index in [2.05, 4.69) is 6.07 Å². The van der Waals surface area contributed by atoms with Gasteiger partial charge in [-0.05, 0) is 60.8 Å². The summed E-state index contributed by atoms with van der Waals surface area (Å²) in [5.41, 5.74) is 3.02. The largest absolute Gasteiger partial charge is 0.496 e. The predicted molar refractivity (Wildman–Crippen MR) is 138 cm³/mol. The van der Waals surface area contributed by atoms with E-state index >= 15 is 0 Å². The van der Waals surface area contributed by atoms with Crippen molar-refractivity contribution < 1.29 is 17.9 Å². The molecule has 0 aromatic heterocycles. The van der Waals surface area contributed by atoms with Crippen LogP contribution in [0.2, 0.25) is 0 Å². The lowest BCUT2D eigenvalue weighted by Crippen LogP contribution is -2.30. The Bertz CT molecular complexity index is 1010. The van der Waals surface area contributed by atoms with Crippen LogP contribution in [-0.4, -0.2) is 40.2 Å². The number of hydrogen-bond acceptors (Lipinski definition) is 4. The fraction of sp³-hybridized carbons (Fsp3) is 0.556. The molecule has 0 bridgehead atoms. The van der Waals surface area contributed by atoms with Crippen LogP contribution in [0.5, 0.6) is 11.5 Å². The molecule has 0 N–H and O–H groups in total. The summed E-state index contributed by atoms with van der Waals surface area (Å²) in [4.78, 5) is 0.509. The molecule has 0 spiro atoms. The van der Waals surface area contributed by atoms with Crippen LogP contribution in [-0.2, 0) is 9.84 Å². The van der Waals surface area contributed by atoms with Crippen molar-refractivity contribution in [2.24, 2.45) is 0 Å². The molecule has 0 amide bonds. The Morgan fingerprint density at radius 1 is 0.758 bits per heavy atom. The molecule has 2 fully saturated rings. The van der Waals surface area contributed by atoms with Crippen LogP contribution in [0.4, 0.5) is 0 Å². The number of ether oxygens (including phenoxy) is 2. The van der Waals surface area contributed by atoms with Crippen LogP contribution in [0.25, 0.3) is 11.1 Å². The first-order chi connectivity index (χ1) is 16.0. The van der Waals surface area contributed by atoms with Gasteiger partial charge >= 0.3 is 0 Å². The van der Waals surface area contributed by atoms with Gasteiger partial charge in [-0.1, -0.05) is 64.6 Å². The highest BCUT2D eigenvalue weighted by molar-refractivity contribution is 7.91. The predicted octanol–water partition coefficient (Wildman–Crippen LogP) is 6.55. The molecule has 0 radical (unpaired) electrons. The molecule has 0 saturated heterocycles. The Kier molecular flexibility index (Phi) is 8.02. The quantitative estimate of drug-likeness (QED) is 0.415. The molecule has 4 nitrogen and oxygen atoms in total. The topological polar surface area (TPSA) is 52.6 Å². The standard InChI is InChI=1S/C27H37O4PS/c1-30-23-17-11-18-24(31-2)26(23)22-16-10-19-25(33(3,28)29)27(22)32(20-12-6-4-7-13-20)21-14-8-5-9-15-21/h10-11,16-21H,4-9,12-15H2,1-3H3. The van der Waals surface area contributed by atoms with Crippen LogP contribution >= 0.6 is 7.92 Å². The van der Waals surface area contributed by atoms with E-state index in [1.54, 1.807) is 14.2 Å². The average Bonchev–Trinajstić information content (AvgIpc) is 2.84. The van der Waals surface area contributed by atoms with Crippen molar-refractivity contribution in [3.63, 3.8) is 0 Å². The number of methoxy groups -OCH3 is 2. The molecule has 0 atom stereocenters. The summed E-state index contributed by atoms with van der Waals surface area (Å²) in [5.74, 6) is 1.45. The van der Waals surface area contributed by atoms with E-state index in [1.165, 1.54) is 70.5 Å². The van der Waals surface area contributed by atoms with Gasteiger partial charge in [-0.2, -0.15) is 0 Å². The Labute approximate surface area is 200 Å². The van der Waals surface area contributed by atoms with E-state index in [9.17, 15) is 8.42 Å². The van der Waals surface area contributed by atoms with Crippen molar-refractivity contribution in [3.8, 4) is 22.6 Å². The summed E-state index contributed by atoms with van der Waals surface area (Å²) in [6, 6.07) is 11.6. The smallest absolute Gasteiger partial charge is 0.176 e. The van der Waals surface area contributed by atoms with Crippen molar-refractivity contribution in [1.82, 2.24) is 0 Å². The highest BCUT2D eigenvalue weighted by Crippen LogP contribution is 2.58. The summed E-state index contributed by atoms with van der Waals surface area (Å²) in [6.45, 7) is 0. The van der Waals surface area contributed by atoms with Gasteiger partial charge in [0.15, 0.2) is 9.84 Å². The van der Waals surface area contributed by atoms with Crippen LogP contribution in [0.1, 0.15) is 64.2 Å². The molecule has 2 aliphatic rings. The number of sulfone groups is 1. The maximum Gasteiger partial charge on any atom is 0.176 e. The first kappa shape index (κ1) is 24.5. The zero-order valence-electron chi connectivity index (χ0n) is 20.2. The van der Waals surface area contributed by atoms with E-state index in [0.29, 0.717) is 16.2 Å². The first-order valence-electron chi connectivity index (χ1n) is 12.3. The summed E-state index contributed by atoms with van der Waals surface area (Å²) in [7, 11) is -0.697. The van der Waals surface area contributed by atoms with Gasteiger partial charge in [-0.3, -0.25) is 0 Å². The van der Waals surface area contributed by atoms with Crippen molar-refractivity contribution in [3.05, 3.63) is 36.4 Å². The van der Waals surface area contributed by atoms with Gasteiger partial charge in [0.25, 0.3) is 0 Å². The summed E-state index contributed by atoms with van der Waals surface area (Å²) in [5, 5.41) is 1.07. The number of rotatable bonds is 7. The number of benzene rings is 2. The third kappa shape index (κ3) is 5.25. The van der Waals surface area contributed by atoms with Gasteiger partial charge in [0, 0.05) is 11.6 Å². The molecule has 33 heavy (non-hydrogen) atoms. The Hall–Kier alpha value is -1.58. The molecule has 2 saturated carbocycles. The van der Waals surface area contributed by atoms with Crippen molar-refractivity contribution in [2.75, 3.05) is 20.5 Å². The van der Waals surface area contributed by atoms with Gasteiger partial charge in [0.2, 0.25) is 0 Å². The molecular formula is C27H37O4PS. The summed E-state index contributed by atoms with van der Waals surface area (Å²) >= 11 is 0. The zero-order chi connectivity index (χ0) is 23.4. The van der Waals surface area contributed by atoms with Crippen LogP contribution in [0.3, 0.4) is 0 Å². The van der Waals surface area contributed by atoms with Crippen molar-refractivity contribution >= 4 is 23.1 Å². The minimum absolute atomic E-state index is 0.509. The SMILES string of the molecule is COc1cccc(OC)c1-c1cccc(S(C)(=O)=O)c1P(C1CCCCC1)C1CCCCC1. The van der Waals surface area contributed by atoms with Gasteiger partial charge in [0.1, 0.15) is 11.5 Å². The fourth-order valence-electron chi connectivity index (χ4n) is 5.79. The Morgan fingerprint density at radius 2 is 1.24 bits per heavy atom. The summed E-state index contributed by atoms with van der Waals surface area (Å²) in [6.07, 6.45) is 13.8. The highest BCUT2D eigenvalue weighted by atomic mass is 32.2. The molecular weight excluding hydrogens is 451 g/mol. The first-order valence-corrected chi connectivity index (χ1v) is 15.7. The Morgan fingerprint density at radius 3 is 1.70 bits per heavy atom. The van der Waals surface area contributed by atoms with E-state index in [4.69, 9.17) is 9.47 Å². The molecule has 2 aliphatic carbocycles. The zero-order valence-corrected chi connectivity index (χ0v) is 21.9. The monoisotopic (exact) mass is 488 g/mol. The third-order valence-corrected chi connectivity index (χ3v) is 12.2. The fourth-order valence-corrected chi connectivity index (χ4v) is 11.4. The highest BCUT2D eigenvalue weighted by Gasteiger charge is 2.37. The van der Waals surface area contributed by atoms with Crippen LogP contribution in [0.15, 0.2) is 41.3 Å². The van der Waals surface area contributed by atoms with Gasteiger partial charge < -0.3 is 9.47 Å². The van der Waals surface area contributed by atoms with E-state index in [-0.39, 0.29) is 0 Å². The molecule has 6 heteroatoms. The molecule has 0 aliphatic heterocycles. The Balaban J connectivity index is 2.01. The maximum absolute atomic E-state index is 13.2. The minimum Gasteiger partial charge on any atom is -0.496 e. The molecule has 2 aromatic rings. The van der Waals surface area contributed by atoms with E-state index in [1.807, 2.05) is 30.3 Å². The molecule has 0 heterocycles.